The van der Waals surface area contributed by atoms with Gasteiger partial charge in [-0.15, -0.1) is 0 Å². The van der Waals surface area contributed by atoms with Gasteiger partial charge in [-0.2, -0.15) is 0 Å². The van der Waals surface area contributed by atoms with Crippen LogP contribution in [0.2, 0.25) is 10.0 Å². The van der Waals surface area contributed by atoms with Crippen LogP contribution in [-0.4, -0.2) is 19.5 Å². The smallest absolute Gasteiger partial charge is 0.190 e. The van der Waals surface area contributed by atoms with E-state index in [0.717, 1.165) is 6.07 Å². The van der Waals surface area contributed by atoms with Crippen molar-refractivity contribution in [3.63, 3.8) is 0 Å². The van der Waals surface area contributed by atoms with Crippen molar-refractivity contribution >= 4 is 29.0 Å². The Hall–Kier alpha value is -0.640. The van der Waals surface area contributed by atoms with Gasteiger partial charge in [0, 0.05) is 17.7 Å². The molecule has 0 bridgehead atoms. The fraction of sp³-hybridized carbons (Fsp3) is 0.222. The molecule has 0 aromatic heterocycles. The zero-order valence-electron chi connectivity index (χ0n) is 7.31. The average molecular weight is 237 g/mol. The highest BCUT2D eigenvalue weighted by Gasteiger charge is 2.14. The number of benzene rings is 1. The van der Waals surface area contributed by atoms with E-state index in [2.05, 4.69) is 4.74 Å². The maximum atomic E-state index is 13.0. The highest BCUT2D eigenvalue weighted by molar-refractivity contribution is 6.36. The van der Waals surface area contributed by atoms with Crippen LogP contribution in [0.3, 0.4) is 0 Å². The first-order chi connectivity index (χ1) is 6.56. The second kappa shape index (κ2) is 4.73. The van der Waals surface area contributed by atoms with E-state index in [1.54, 1.807) is 0 Å². The van der Waals surface area contributed by atoms with E-state index in [0.29, 0.717) is 0 Å². The Morgan fingerprint density at radius 3 is 2.71 bits per heavy atom. The second-order valence-electron chi connectivity index (χ2n) is 2.61. The zero-order valence-corrected chi connectivity index (χ0v) is 8.82. The van der Waals surface area contributed by atoms with Crippen molar-refractivity contribution in [3.8, 4) is 0 Å². The molecule has 1 rings (SSSR count). The molecule has 2 nitrogen and oxygen atoms in total. The average Bonchev–Trinajstić information content (AvgIpc) is 2.11. The number of hydrogen-bond donors (Lipinski definition) is 0. The van der Waals surface area contributed by atoms with Gasteiger partial charge in [-0.3, -0.25) is 4.79 Å². The normalized spacial score (nSPS) is 10.3. The predicted octanol–water partition coefficient (Wildman–Crippen LogP) is 2.96. The van der Waals surface area contributed by atoms with Crippen molar-refractivity contribution < 1.29 is 13.9 Å². The molecule has 5 heteroatoms. The molecule has 14 heavy (non-hydrogen) atoms. The summed E-state index contributed by atoms with van der Waals surface area (Å²) < 4.78 is 17.7. The number of Topliss-reactive ketones (excluding diaryl/α,β-unsaturated/α-hetero) is 1. The van der Waals surface area contributed by atoms with Crippen LogP contribution in [0.5, 0.6) is 0 Å². The van der Waals surface area contributed by atoms with E-state index >= 15 is 0 Å². The van der Waals surface area contributed by atoms with Crippen molar-refractivity contribution in [2.75, 3.05) is 13.7 Å². The van der Waals surface area contributed by atoms with E-state index in [4.69, 9.17) is 23.2 Å². The zero-order chi connectivity index (χ0) is 10.7. The van der Waals surface area contributed by atoms with Crippen LogP contribution in [0.1, 0.15) is 10.4 Å². The molecule has 0 aliphatic carbocycles. The third kappa shape index (κ3) is 2.44. The molecule has 0 N–H and O–H groups in total. The topological polar surface area (TPSA) is 26.3 Å². The van der Waals surface area contributed by atoms with Gasteiger partial charge in [-0.1, -0.05) is 23.2 Å². The van der Waals surface area contributed by atoms with Gasteiger partial charge < -0.3 is 4.74 Å². The van der Waals surface area contributed by atoms with Gasteiger partial charge in [-0.25, -0.2) is 4.39 Å². The molecule has 76 valence electrons. The van der Waals surface area contributed by atoms with E-state index in [9.17, 15) is 9.18 Å². The first kappa shape index (κ1) is 11.4. The Bertz CT molecular complexity index is 366. The van der Waals surface area contributed by atoms with Gasteiger partial charge in [0.2, 0.25) is 0 Å². The molecule has 1 aromatic rings. The third-order valence-electron chi connectivity index (χ3n) is 1.57. The van der Waals surface area contributed by atoms with Crippen LogP contribution >= 0.6 is 23.2 Å². The number of methoxy groups -OCH3 is 1. The molecule has 0 spiro atoms. The lowest BCUT2D eigenvalue weighted by molar-refractivity contribution is 0.0848. The molecule has 0 fully saturated rings. The van der Waals surface area contributed by atoms with Crippen molar-refractivity contribution in [1.82, 2.24) is 0 Å². The quantitative estimate of drug-likeness (QED) is 0.596. The van der Waals surface area contributed by atoms with Crippen molar-refractivity contribution in [3.05, 3.63) is 33.6 Å². The Kier molecular flexibility index (Phi) is 3.86. The minimum absolute atomic E-state index is 0.0403. The lowest BCUT2D eigenvalue weighted by Crippen LogP contribution is -2.08. The number of hydrogen-bond acceptors (Lipinski definition) is 2. The molecule has 1 aromatic carbocycles. The number of carbonyl (C=O) groups excluding carboxylic acids is 1. The van der Waals surface area contributed by atoms with Crippen LogP contribution in [0.15, 0.2) is 12.1 Å². The Labute approximate surface area is 90.6 Å². The summed E-state index contributed by atoms with van der Waals surface area (Å²) in [7, 11) is 1.37. The fourth-order valence-corrected chi connectivity index (χ4v) is 1.39. The van der Waals surface area contributed by atoms with E-state index in [1.807, 2.05) is 0 Å². The van der Waals surface area contributed by atoms with Crippen LogP contribution in [0, 0.1) is 5.82 Å². The highest BCUT2D eigenvalue weighted by Crippen LogP contribution is 2.24. The second-order valence-corrected chi connectivity index (χ2v) is 3.42. The van der Waals surface area contributed by atoms with Crippen LogP contribution in [0.25, 0.3) is 0 Å². The van der Waals surface area contributed by atoms with Crippen molar-refractivity contribution in [2.45, 2.75) is 0 Å². The summed E-state index contributed by atoms with van der Waals surface area (Å²) in [5, 5.41) is -0.0946. The molecular weight excluding hydrogens is 230 g/mol. The molecule has 0 saturated carbocycles. The predicted molar refractivity (Wildman–Crippen MR) is 52.6 cm³/mol. The van der Waals surface area contributed by atoms with E-state index in [1.165, 1.54) is 13.2 Å². The largest absolute Gasteiger partial charge is 0.377 e. The van der Waals surface area contributed by atoms with Gasteiger partial charge in [-0.05, 0) is 12.1 Å². The summed E-state index contributed by atoms with van der Waals surface area (Å²) in [6, 6.07) is 2.36. The molecular formula is C9H7Cl2FO2. The summed E-state index contributed by atoms with van der Waals surface area (Å²) in [4.78, 5) is 11.3. The summed E-state index contributed by atoms with van der Waals surface area (Å²) in [5.74, 6) is -1.11. The van der Waals surface area contributed by atoms with Gasteiger partial charge in [0.15, 0.2) is 5.78 Å². The van der Waals surface area contributed by atoms with Crippen molar-refractivity contribution in [2.24, 2.45) is 0 Å². The highest BCUT2D eigenvalue weighted by atomic mass is 35.5. The van der Waals surface area contributed by atoms with Crippen LogP contribution in [-0.2, 0) is 4.74 Å². The number of carbonyl (C=O) groups is 1. The van der Waals surface area contributed by atoms with Crippen LogP contribution in [0.4, 0.5) is 4.39 Å². The third-order valence-corrected chi connectivity index (χ3v) is 2.17. The molecule has 0 saturated heterocycles. The first-order valence-electron chi connectivity index (χ1n) is 3.73. The van der Waals surface area contributed by atoms with Gasteiger partial charge in [0.05, 0.1) is 5.02 Å². The fourth-order valence-electron chi connectivity index (χ4n) is 0.968. The Morgan fingerprint density at radius 2 is 2.14 bits per heavy atom. The number of halogens is 3. The van der Waals surface area contributed by atoms with Crippen LogP contribution < -0.4 is 0 Å². The summed E-state index contributed by atoms with van der Waals surface area (Å²) in [6.45, 7) is -0.153. The molecule has 0 unspecified atom stereocenters. The summed E-state index contributed by atoms with van der Waals surface area (Å²) in [6.07, 6.45) is 0. The van der Waals surface area contributed by atoms with E-state index in [-0.39, 0.29) is 22.2 Å². The number of ketones is 1. The number of ether oxygens (including phenoxy) is 1. The standard InChI is InChI=1S/C9H7Cl2FO2/c1-14-4-8(13)6-2-5(10)3-7(12)9(6)11/h2-3H,4H2,1H3. The Morgan fingerprint density at radius 1 is 1.50 bits per heavy atom. The monoisotopic (exact) mass is 236 g/mol. The van der Waals surface area contributed by atoms with Gasteiger partial charge >= 0.3 is 0 Å². The molecule has 0 aliphatic heterocycles. The van der Waals surface area contributed by atoms with Crippen molar-refractivity contribution in [1.29, 1.82) is 0 Å². The van der Waals surface area contributed by atoms with E-state index < -0.39 is 11.6 Å². The van der Waals surface area contributed by atoms with Gasteiger partial charge in [0.25, 0.3) is 0 Å². The lowest BCUT2D eigenvalue weighted by Gasteiger charge is -2.04. The number of rotatable bonds is 3. The first-order valence-corrected chi connectivity index (χ1v) is 4.48. The Balaban J connectivity index is 3.13. The lowest BCUT2D eigenvalue weighted by atomic mass is 10.1. The molecule has 0 radical (unpaired) electrons. The summed E-state index contributed by atoms with van der Waals surface area (Å²) >= 11 is 11.2. The maximum absolute atomic E-state index is 13.0. The molecule has 0 aliphatic rings. The maximum Gasteiger partial charge on any atom is 0.190 e. The van der Waals surface area contributed by atoms with Gasteiger partial charge in [0.1, 0.15) is 12.4 Å². The SMILES string of the molecule is COCC(=O)c1cc(Cl)cc(F)c1Cl. The molecule has 0 atom stereocenters. The minimum Gasteiger partial charge on any atom is -0.377 e. The minimum atomic E-state index is -0.710. The molecule has 0 amide bonds. The summed E-state index contributed by atoms with van der Waals surface area (Å²) in [5.41, 5.74) is 0.0403. The molecule has 0 heterocycles.